The fourth-order valence-electron chi connectivity index (χ4n) is 1.69. The highest BCUT2D eigenvalue weighted by Crippen LogP contribution is 2.35. The second-order valence-corrected chi connectivity index (χ2v) is 4.88. The van der Waals surface area contributed by atoms with Gasteiger partial charge in [0.15, 0.2) is 0 Å². The molecule has 0 bridgehead atoms. The number of rotatable bonds is 3. The second-order valence-electron chi connectivity index (χ2n) is 4.09. The molecule has 0 spiro atoms. The van der Waals surface area contributed by atoms with Crippen LogP contribution in [-0.4, -0.2) is 16.5 Å². The van der Waals surface area contributed by atoms with E-state index in [0.717, 1.165) is 0 Å². The van der Waals surface area contributed by atoms with Gasteiger partial charge in [-0.25, -0.2) is 9.97 Å². The fraction of sp³-hybridized carbons (Fsp3) is 0.231. The summed E-state index contributed by atoms with van der Waals surface area (Å²) >= 11 is 11.9. The number of nitrogens with zero attached hydrogens (tertiary/aromatic N) is 2. The molecule has 0 aliphatic rings. The Morgan fingerprint density at radius 1 is 1.19 bits per heavy atom. The van der Waals surface area contributed by atoms with Crippen molar-refractivity contribution in [2.75, 3.05) is 11.9 Å². The van der Waals surface area contributed by atoms with Crippen molar-refractivity contribution in [3.8, 4) is 11.3 Å². The van der Waals surface area contributed by atoms with Gasteiger partial charge in [0.1, 0.15) is 5.82 Å². The van der Waals surface area contributed by atoms with Crippen LogP contribution in [0.3, 0.4) is 0 Å². The lowest BCUT2D eigenvalue weighted by Crippen LogP contribution is -2.13. The number of benzene rings is 1. The Morgan fingerprint density at radius 3 is 2.52 bits per heavy atom. The molecule has 2 aromatic rings. The minimum absolute atomic E-state index is 0.0563. The zero-order valence-corrected chi connectivity index (χ0v) is 12.3. The van der Waals surface area contributed by atoms with Crippen molar-refractivity contribution in [1.29, 1.82) is 0 Å². The molecule has 112 valence electrons. The Kier molecular flexibility index (Phi) is 4.58. The molecule has 0 saturated carbocycles. The van der Waals surface area contributed by atoms with Crippen molar-refractivity contribution in [1.82, 2.24) is 9.97 Å². The largest absolute Gasteiger partial charge is 0.451 e. The third-order valence-corrected chi connectivity index (χ3v) is 3.38. The number of aromatic nitrogens is 2. The molecule has 0 unspecified atom stereocenters. The maximum Gasteiger partial charge on any atom is 0.451 e. The predicted molar refractivity (Wildman–Crippen MR) is 76.7 cm³/mol. The average molecular weight is 336 g/mol. The van der Waals surface area contributed by atoms with Gasteiger partial charge in [-0.3, -0.25) is 0 Å². The summed E-state index contributed by atoms with van der Waals surface area (Å²) in [6.45, 7) is 2.18. The summed E-state index contributed by atoms with van der Waals surface area (Å²) in [6.07, 6.45) is -4.65. The summed E-state index contributed by atoms with van der Waals surface area (Å²) in [5.74, 6) is -1.15. The van der Waals surface area contributed by atoms with Crippen molar-refractivity contribution in [2.24, 2.45) is 0 Å². The van der Waals surface area contributed by atoms with Gasteiger partial charge in [0.25, 0.3) is 0 Å². The topological polar surface area (TPSA) is 37.8 Å². The van der Waals surface area contributed by atoms with E-state index in [2.05, 4.69) is 15.3 Å². The summed E-state index contributed by atoms with van der Waals surface area (Å²) in [7, 11) is 0. The lowest BCUT2D eigenvalue weighted by atomic mass is 10.1. The summed E-state index contributed by atoms with van der Waals surface area (Å²) in [5.41, 5.74) is 0.372. The molecule has 0 radical (unpaired) electrons. The molecule has 1 aromatic heterocycles. The highest BCUT2D eigenvalue weighted by atomic mass is 35.5. The quantitative estimate of drug-likeness (QED) is 0.866. The van der Waals surface area contributed by atoms with Gasteiger partial charge in [0, 0.05) is 18.2 Å². The number of alkyl halides is 3. The molecule has 0 aliphatic carbocycles. The molecule has 0 amide bonds. The van der Waals surface area contributed by atoms with E-state index in [1.165, 1.54) is 6.07 Å². The molecule has 21 heavy (non-hydrogen) atoms. The SMILES string of the molecule is CCNc1cc(-c2cccc(Cl)c2Cl)nc(C(F)(F)F)n1. The summed E-state index contributed by atoms with van der Waals surface area (Å²) in [5, 5.41) is 3.13. The number of halogens is 5. The van der Waals surface area contributed by atoms with Crippen LogP contribution in [0.4, 0.5) is 19.0 Å². The van der Waals surface area contributed by atoms with E-state index in [4.69, 9.17) is 23.2 Å². The molecule has 2 rings (SSSR count). The van der Waals surface area contributed by atoms with Gasteiger partial charge >= 0.3 is 6.18 Å². The number of hydrogen-bond acceptors (Lipinski definition) is 3. The third kappa shape index (κ3) is 3.57. The highest BCUT2D eigenvalue weighted by molar-refractivity contribution is 6.43. The van der Waals surface area contributed by atoms with E-state index in [0.29, 0.717) is 12.1 Å². The van der Waals surface area contributed by atoms with Crippen LogP contribution in [0.15, 0.2) is 24.3 Å². The van der Waals surface area contributed by atoms with Crippen molar-refractivity contribution in [3.63, 3.8) is 0 Å². The first-order valence-corrected chi connectivity index (χ1v) is 6.73. The summed E-state index contributed by atoms with van der Waals surface area (Å²) < 4.78 is 38.6. The van der Waals surface area contributed by atoms with E-state index in [1.54, 1.807) is 25.1 Å². The molecule has 0 aliphatic heterocycles. The number of anilines is 1. The van der Waals surface area contributed by atoms with Gasteiger partial charge < -0.3 is 5.32 Å². The molecular weight excluding hydrogens is 326 g/mol. The molecule has 1 N–H and O–H groups in total. The van der Waals surface area contributed by atoms with Crippen molar-refractivity contribution in [2.45, 2.75) is 13.1 Å². The Balaban J connectivity index is 2.62. The average Bonchev–Trinajstić information content (AvgIpc) is 2.41. The van der Waals surface area contributed by atoms with Crippen LogP contribution < -0.4 is 5.32 Å². The van der Waals surface area contributed by atoms with E-state index in [9.17, 15) is 13.2 Å². The smallest absolute Gasteiger partial charge is 0.370 e. The summed E-state index contributed by atoms with van der Waals surface area (Å²) in [4.78, 5) is 6.99. The highest BCUT2D eigenvalue weighted by Gasteiger charge is 2.35. The Morgan fingerprint density at radius 2 is 1.90 bits per heavy atom. The summed E-state index contributed by atoms with van der Waals surface area (Å²) in [6, 6.07) is 6.08. The lowest BCUT2D eigenvalue weighted by Gasteiger charge is -2.12. The Labute approximate surface area is 129 Å². The minimum atomic E-state index is -4.65. The van der Waals surface area contributed by atoms with E-state index < -0.39 is 12.0 Å². The lowest BCUT2D eigenvalue weighted by molar-refractivity contribution is -0.144. The standard InChI is InChI=1S/C13H10Cl2F3N3/c1-2-19-10-6-9(20-12(21-10)13(16,17)18)7-4-3-5-8(14)11(7)15/h3-6H,2H2,1H3,(H,19,20,21). The van der Waals surface area contributed by atoms with E-state index in [1.807, 2.05) is 0 Å². The monoisotopic (exact) mass is 335 g/mol. The van der Waals surface area contributed by atoms with Crippen LogP contribution in [-0.2, 0) is 6.18 Å². The Hall–Kier alpha value is -1.53. The first-order chi connectivity index (χ1) is 9.82. The third-order valence-electron chi connectivity index (χ3n) is 2.57. The van der Waals surface area contributed by atoms with Crippen molar-refractivity contribution >= 4 is 29.0 Å². The van der Waals surface area contributed by atoms with Gasteiger partial charge in [-0.2, -0.15) is 13.2 Å². The van der Waals surface area contributed by atoms with Crippen LogP contribution in [0.2, 0.25) is 10.0 Å². The van der Waals surface area contributed by atoms with Crippen LogP contribution in [0, 0.1) is 0 Å². The van der Waals surface area contributed by atoms with Gasteiger partial charge in [-0.15, -0.1) is 0 Å². The molecule has 1 heterocycles. The molecule has 0 saturated heterocycles. The molecule has 0 fully saturated rings. The van der Waals surface area contributed by atoms with Gasteiger partial charge in [0.05, 0.1) is 15.7 Å². The molecular formula is C13H10Cl2F3N3. The number of nitrogens with one attached hydrogen (secondary N) is 1. The van der Waals surface area contributed by atoms with Crippen molar-refractivity contribution in [3.05, 3.63) is 40.1 Å². The zero-order valence-electron chi connectivity index (χ0n) is 10.8. The van der Waals surface area contributed by atoms with Crippen LogP contribution in [0.1, 0.15) is 12.7 Å². The van der Waals surface area contributed by atoms with Crippen LogP contribution in [0.5, 0.6) is 0 Å². The van der Waals surface area contributed by atoms with Crippen LogP contribution >= 0.6 is 23.2 Å². The number of hydrogen-bond donors (Lipinski definition) is 1. The first-order valence-electron chi connectivity index (χ1n) is 5.97. The van der Waals surface area contributed by atoms with Crippen molar-refractivity contribution < 1.29 is 13.2 Å². The minimum Gasteiger partial charge on any atom is -0.370 e. The predicted octanol–water partition coefficient (Wildman–Crippen LogP) is 4.90. The van der Waals surface area contributed by atoms with Gasteiger partial charge in [-0.1, -0.05) is 35.3 Å². The molecule has 8 heteroatoms. The Bertz CT molecular complexity index is 660. The molecule has 0 atom stereocenters. The maximum atomic E-state index is 12.9. The fourth-order valence-corrected chi connectivity index (χ4v) is 2.08. The first kappa shape index (κ1) is 15.9. The van der Waals surface area contributed by atoms with E-state index in [-0.39, 0.29) is 21.6 Å². The zero-order chi connectivity index (χ0) is 15.6. The normalized spacial score (nSPS) is 11.5. The van der Waals surface area contributed by atoms with Crippen LogP contribution in [0.25, 0.3) is 11.3 Å². The molecule has 1 aromatic carbocycles. The van der Waals surface area contributed by atoms with Gasteiger partial charge in [-0.05, 0) is 13.0 Å². The maximum absolute atomic E-state index is 12.9. The van der Waals surface area contributed by atoms with E-state index >= 15 is 0 Å². The molecule has 3 nitrogen and oxygen atoms in total. The second kappa shape index (κ2) is 6.07. The van der Waals surface area contributed by atoms with Gasteiger partial charge in [0.2, 0.25) is 5.82 Å².